The van der Waals surface area contributed by atoms with Crippen LogP contribution in [-0.4, -0.2) is 45.9 Å². The largest absolute Gasteiger partial charge is 0.478 e. The number of benzene rings is 1. The van der Waals surface area contributed by atoms with Gasteiger partial charge in [-0.05, 0) is 31.6 Å². The molecule has 0 amide bonds. The van der Waals surface area contributed by atoms with E-state index in [1.54, 1.807) is 7.05 Å². The molecule has 1 aromatic carbocycles. The normalized spacial score (nSPS) is 13.8. The zero-order valence-electron chi connectivity index (χ0n) is 10.8. The molecule has 1 rings (SSSR count). The number of aromatic carboxylic acids is 1. The Morgan fingerprint density at radius 3 is 2.60 bits per heavy atom. The summed E-state index contributed by atoms with van der Waals surface area (Å²) in [6.45, 7) is 0.438. The number of hydrogen-bond acceptors (Lipinski definition) is 6. The molecule has 0 aliphatic carbocycles. The van der Waals surface area contributed by atoms with E-state index in [1.165, 1.54) is 0 Å². The molecule has 0 saturated heterocycles. The quantitative estimate of drug-likeness (QED) is 0.418. The van der Waals surface area contributed by atoms with Gasteiger partial charge in [0.05, 0.1) is 16.6 Å². The van der Waals surface area contributed by atoms with E-state index in [4.69, 9.17) is 5.11 Å². The van der Waals surface area contributed by atoms with Crippen LogP contribution < -0.4 is 5.32 Å². The van der Waals surface area contributed by atoms with Gasteiger partial charge in [-0.1, -0.05) is 0 Å². The SMILES string of the molecule is CNCCC(O)C(O)c1ccc([N+](=O)[O-])cc1C(=O)O. The minimum absolute atomic E-state index is 0.0493. The maximum Gasteiger partial charge on any atom is 0.336 e. The third-order valence-electron chi connectivity index (χ3n) is 2.85. The highest BCUT2D eigenvalue weighted by atomic mass is 16.6. The van der Waals surface area contributed by atoms with Gasteiger partial charge in [-0.3, -0.25) is 10.1 Å². The van der Waals surface area contributed by atoms with Crippen molar-refractivity contribution in [1.82, 2.24) is 5.32 Å². The zero-order valence-corrected chi connectivity index (χ0v) is 10.8. The number of hydrogen-bond donors (Lipinski definition) is 4. The molecule has 0 saturated carbocycles. The second-order valence-electron chi connectivity index (χ2n) is 4.24. The van der Waals surface area contributed by atoms with Crippen molar-refractivity contribution in [3.05, 3.63) is 39.4 Å². The molecule has 0 heterocycles. The van der Waals surface area contributed by atoms with Crippen LogP contribution in [0.15, 0.2) is 18.2 Å². The molecule has 1 aromatic rings. The molecule has 0 aliphatic rings. The van der Waals surface area contributed by atoms with Crippen LogP contribution in [0.4, 0.5) is 5.69 Å². The first-order valence-corrected chi connectivity index (χ1v) is 5.90. The molecule has 0 aliphatic heterocycles. The van der Waals surface area contributed by atoms with Crippen molar-refractivity contribution in [3.8, 4) is 0 Å². The van der Waals surface area contributed by atoms with E-state index in [0.717, 1.165) is 18.2 Å². The Hall–Kier alpha value is -2.03. The fraction of sp³-hybridized carbons (Fsp3) is 0.417. The fourth-order valence-electron chi connectivity index (χ4n) is 1.76. The molecule has 8 nitrogen and oxygen atoms in total. The van der Waals surface area contributed by atoms with Gasteiger partial charge < -0.3 is 20.6 Å². The number of aliphatic hydroxyl groups excluding tert-OH is 2. The highest BCUT2D eigenvalue weighted by Gasteiger charge is 2.25. The average molecular weight is 284 g/mol. The summed E-state index contributed by atoms with van der Waals surface area (Å²) in [6, 6.07) is 3.11. The van der Waals surface area contributed by atoms with Gasteiger partial charge >= 0.3 is 5.97 Å². The van der Waals surface area contributed by atoms with Crippen LogP contribution in [0.25, 0.3) is 0 Å². The summed E-state index contributed by atoms with van der Waals surface area (Å²) in [7, 11) is 1.67. The number of carboxylic acid groups (broad SMARTS) is 1. The van der Waals surface area contributed by atoms with Crippen LogP contribution in [0.2, 0.25) is 0 Å². The van der Waals surface area contributed by atoms with Crippen molar-refractivity contribution in [1.29, 1.82) is 0 Å². The Morgan fingerprint density at radius 2 is 2.10 bits per heavy atom. The van der Waals surface area contributed by atoms with E-state index in [1.807, 2.05) is 0 Å². The van der Waals surface area contributed by atoms with Gasteiger partial charge in [0.25, 0.3) is 5.69 Å². The van der Waals surface area contributed by atoms with Crippen molar-refractivity contribution in [2.45, 2.75) is 18.6 Å². The van der Waals surface area contributed by atoms with Crippen molar-refractivity contribution >= 4 is 11.7 Å². The summed E-state index contributed by atoms with van der Waals surface area (Å²) in [5.74, 6) is -1.40. The first-order chi connectivity index (χ1) is 9.38. The first-order valence-electron chi connectivity index (χ1n) is 5.90. The van der Waals surface area contributed by atoms with Gasteiger partial charge in [-0.2, -0.15) is 0 Å². The lowest BCUT2D eigenvalue weighted by Gasteiger charge is -2.19. The van der Waals surface area contributed by atoms with E-state index in [9.17, 15) is 25.1 Å². The van der Waals surface area contributed by atoms with Gasteiger partial charge in [0, 0.05) is 12.1 Å². The third-order valence-corrected chi connectivity index (χ3v) is 2.85. The highest BCUT2D eigenvalue weighted by Crippen LogP contribution is 2.26. The molecule has 110 valence electrons. The van der Waals surface area contributed by atoms with Crippen molar-refractivity contribution in [2.75, 3.05) is 13.6 Å². The number of nitro groups is 1. The maximum absolute atomic E-state index is 11.1. The minimum Gasteiger partial charge on any atom is -0.478 e. The second-order valence-corrected chi connectivity index (χ2v) is 4.24. The monoisotopic (exact) mass is 284 g/mol. The Balaban J connectivity index is 3.10. The molecule has 2 unspecified atom stereocenters. The summed E-state index contributed by atoms with van der Waals surface area (Å²) >= 11 is 0. The predicted molar refractivity (Wildman–Crippen MR) is 69.6 cm³/mol. The van der Waals surface area contributed by atoms with Crippen molar-refractivity contribution < 1.29 is 25.0 Å². The smallest absolute Gasteiger partial charge is 0.336 e. The van der Waals surface area contributed by atoms with Gasteiger partial charge in [0.15, 0.2) is 0 Å². The molecule has 4 N–H and O–H groups in total. The lowest BCUT2D eigenvalue weighted by molar-refractivity contribution is -0.384. The molecule has 2 atom stereocenters. The number of carbonyl (C=O) groups is 1. The number of nitrogens with one attached hydrogen (secondary N) is 1. The topological polar surface area (TPSA) is 133 Å². The van der Waals surface area contributed by atoms with E-state index in [0.29, 0.717) is 6.54 Å². The van der Waals surface area contributed by atoms with E-state index in [-0.39, 0.29) is 17.7 Å². The fourth-order valence-corrected chi connectivity index (χ4v) is 1.76. The standard InChI is InChI=1S/C12H16N2O6/c1-13-5-4-10(15)11(16)8-3-2-7(14(19)20)6-9(8)12(17)18/h2-3,6,10-11,13,15-16H,4-5H2,1H3,(H,17,18). The van der Waals surface area contributed by atoms with Gasteiger partial charge in [-0.15, -0.1) is 0 Å². The molecule has 0 bridgehead atoms. The Bertz CT molecular complexity index is 505. The molecular weight excluding hydrogens is 268 g/mol. The summed E-state index contributed by atoms with van der Waals surface area (Å²) < 4.78 is 0. The highest BCUT2D eigenvalue weighted by molar-refractivity contribution is 5.90. The van der Waals surface area contributed by atoms with E-state index >= 15 is 0 Å². The number of rotatable bonds is 7. The predicted octanol–water partition coefficient (Wildman–Crippen LogP) is 0.297. The van der Waals surface area contributed by atoms with E-state index in [2.05, 4.69) is 5.32 Å². The molecular formula is C12H16N2O6. The number of aliphatic hydroxyl groups is 2. The zero-order chi connectivity index (χ0) is 15.3. The molecule has 0 aromatic heterocycles. The lowest BCUT2D eigenvalue weighted by atomic mass is 9.96. The molecule has 0 radical (unpaired) electrons. The van der Waals surface area contributed by atoms with Crippen molar-refractivity contribution in [2.24, 2.45) is 0 Å². The van der Waals surface area contributed by atoms with Gasteiger partial charge in [0.1, 0.15) is 6.10 Å². The van der Waals surface area contributed by atoms with Crippen LogP contribution in [0.3, 0.4) is 0 Å². The Labute approximate surface area is 114 Å². The molecule has 0 spiro atoms. The Kier molecular flexibility index (Phi) is 5.56. The first kappa shape index (κ1) is 16.0. The summed E-state index contributed by atoms with van der Waals surface area (Å²) in [5, 5.41) is 42.2. The van der Waals surface area contributed by atoms with Crippen LogP contribution >= 0.6 is 0 Å². The van der Waals surface area contributed by atoms with E-state index < -0.39 is 28.7 Å². The summed E-state index contributed by atoms with van der Waals surface area (Å²) in [4.78, 5) is 21.0. The number of non-ortho nitro benzene ring substituents is 1. The van der Waals surface area contributed by atoms with Crippen LogP contribution in [0, 0.1) is 10.1 Å². The minimum atomic E-state index is -1.42. The van der Waals surface area contributed by atoms with Gasteiger partial charge in [-0.25, -0.2) is 4.79 Å². The maximum atomic E-state index is 11.1. The van der Waals surface area contributed by atoms with Crippen LogP contribution in [0.1, 0.15) is 28.4 Å². The lowest BCUT2D eigenvalue weighted by Crippen LogP contribution is -2.24. The molecule has 0 fully saturated rings. The number of carboxylic acids is 1. The summed E-state index contributed by atoms with van der Waals surface area (Å²) in [6.07, 6.45) is -2.37. The Morgan fingerprint density at radius 1 is 1.45 bits per heavy atom. The number of nitro benzene ring substituents is 1. The molecule has 8 heteroatoms. The molecule has 20 heavy (non-hydrogen) atoms. The average Bonchev–Trinajstić information content (AvgIpc) is 2.42. The van der Waals surface area contributed by atoms with Crippen molar-refractivity contribution in [3.63, 3.8) is 0 Å². The van der Waals surface area contributed by atoms with Gasteiger partial charge in [0.2, 0.25) is 0 Å². The summed E-state index contributed by atoms with van der Waals surface area (Å²) in [5.41, 5.74) is -0.829. The number of nitrogens with zero attached hydrogens (tertiary/aromatic N) is 1. The van der Waals surface area contributed by atoms with Crippen LogP contribution in [-0.2, 0) is 0 Å². The third kappa shape index (κ3) is 3.73. The second kappa shape index (κ2) is 6.94. The van der Waals surface area contributed by atoms with Crippen LogP contribution in [0.5, 0.6) is 0 Å².